The number of carbonyl (C=O) groups is 1. The highest BCUT2D eigenvalue weighted by atomic mass is 19.4. The molecule has 0 aromatic heterocycles. The number of nitrogens with two attached hydrogens (primary N) is 1. The van der Waals surface area contributed by atoms with E-state index in [1.165, 1.54) is 0 Å². The van der Waals surface area contributed by atoms with Crippen LogP contribution in [0.15, 0.2) is 36.4 Å². The van der Waals surface area contributed by atoms with Crippen LogP contribution in [-0.4, -0.2) is 29.4 Å². The van der Waals surface area contributed by atoms with Crippen LogP contribution in [0.5, 0.6) is 5.75 Å². The zero-order valence-electron chi connectivity index (χ0n) is 16.3. The largest absolute Gasteiger partial charge is 0.490 e. The lowest BCUT2D eigenvalue weighted by molar-refractivity contribution is -0.185. The first-order valence-electron chi connectivity index (χ1n) is 9.89. The van der Waals surface area contributed by atoms with Crippen molar-refractivity contribution in [3.05, 3.63) is 42.0 Å². The number of fused-ring (bicyclic) bond motifs is 1. The first kappa shape index (κ1) is 21.4. The van der Waals surface area contributed by atoms with Crippen LogP contribution >= 0.6 is 0 Å². The number of alkyl halides is 3. The van der Waals surface area contributed by atoms with Crippen LogP contribution < -0.4 is 10.5 Å². The molecule has 1 aliphatic carbocycles. The molecule has 3 rings (SSSR count). The average Bonchev–Trinajstić information content (AvgIpc) is 2.67. The van der Waals surface area contributed by atoms with Crippen LogP contribution in [-0.2, 0) is 4.79 Å². The van der Waals surface area contributed by atoms with Gasteiger partial charge in [-0.25, -0.2) is 0 Å². The fourth-order valence-electron chi connectivity index (χ4n) is 3.94. The minimum absolute atomic E-state index is 0.00486. The third kappa shape index (κ3) is 5.41. The Labute approximate surface area is 167 Å². The Hall–Kier alpha value is -2.28. The molecule has 0 radical (unpaired) electrons. The van der Waals surface area contributed by atoms with Crippen LogP contribution in [0.1, 0.15) is 50.5 Å². The van der Waals surface area contributed by atoms with Gasteiger partial charge in [0.2, 0.25) is 0 Å². The van der Waals surface area contributed by atoms with E-state index in [1.807, 2.05) is 43.3 Å². The quantitative estimate of drug-likeness (QED) is 0.684. The summed E-state index contributed by atoms with van der Waals surface area (Å²) >= 11 is 0. The SMILES string of the molecule is CC(CC(N)C(=O)O)c1ccc2cc(O[C@H]3CC[C@@H](C(F)(F)F)CC3)ccc2c1. The van der Waals surface area contributed by atoms with Gasteiger partial charge in [-0.05, 0) is 66.5 Å². The summed E-state index contributed by atoms with van der Waals surface area (Å²) in [5.41, 5.74) is 6.64. The lowest BCUT2D eigenvalue weighted by Crippen LogP contribution is -2.31. The number of carboxylic acids is 1. The van der Waals surface area contributed by atoms with Crippen LogP contribution in [0.4, 0.5) is 13.2 Å². The predicted octanol–water partition coefficient (Wildman–Crippen LogP) is 5.25. The van der Waals surface area contributed by atoms with E-state index in [9.17, 15) is 18.0 Å². The minimum Gasteiger partial charge on any atom is -0.490 e. The van der Waals surface area contributed by atoms with Gasteiger partial charge in [-0.2, -0.15) is 13.2 Å². The second-order valence-electron chi connectivity index (χ2n) is 7.98. The molecule has 1 aliphatic rings. The Balaban J connectivity index is 1.64. The van der Waals surface area contributed by atoms with Crippen molar-refractivity contribution < 1.29 is 27.8 Å². The summed E-state index contributed by atoms with van der Waals surface area (Å²) in [5.74, 6) is -1.57. The molecule has 4 nitrogen and oxygen atoms in total. The van der Waals surface area contributed by atoms with E-state index in [1.54, 1.807) is 0 Å². The van der Waals surface area contributed by atoms with Crippen LogP contribution in [0, 0.1) is 5.92 Å². The Kier molecular flexibility index (Phi) is 6.36. The second kappa shape index (κ2) is 8.61. The standard InChI is InChI=1S/C22H26F3NO3/c1-13(10-20(26)21(27)28)14-2-3-16-12-19(7-4-15(16)11-14)29-18-8-5-17(6-9-18)22(23,24)25/h2-4,7,11-13,17-18,20H,5-6,8-10,26H2,1H3,(H,27,28)/t13?,17-,18+,20?. The fourth-order valence-corrected chi connectivity index (χ4v) is 3.94. The van der Waals surface area contributed by atoms with Gasteiger partial charge in [-0.15, -0.1) is 0 Å². The first-order chi connectivity index (χ1) is 13.6. The highest BCUT2D eigenvalue weighted by Crippen LogP contribution is 2.38. The number of hydrogen-bond donors (Lipinski definition) is 2. The zero-order valence-corrected chi connectivity index (χ0v) is 16.3. The van der Waals surface area contributed by atoms with Gasteiger partial charge in [-0.1, -0.05) is 31.2 Å². The summed E-state index contributed by atoms with van der Waals surface area (Å²) in [6.45, 7) is 1.94. The summed E-state index contributed by atoms with van der Waals surface area (Å²) < 4.78 is 44.3. The molecule has 2 aromatic rings. The number of aliphatic carboxylic acids is 1. The lowest BCUT2D eigenvalue weighted by atomic mass is 9.87. The summed E-state index contributed by atoms with van der Waals surface area (Å²) in [6.07, 6.45) is -2.92. The summed E-state index contributed by atoms with van der Waals surface area (Å²) in [4.78, 5) is 11.0. The van der Waals surface area contributed by atoms with Gasteiger partial charge in [0.15, 0.2) is 0 Å². The number of rotatable bonds is 6. The van der Waals surface area contributed by atoms with E-state index in [4.69, 9.17) is 15.6 Å². The van der Waals surface area contributed by atoms with Crippen LogP contribution in [0.25, 0.3) is 10.8 Å². The molecule has 7 heteroatoms. The van der Waals surface area contributed by atoms with Crippen LogP contribution in [0.3, 0.4) is 0 Å². The van der Waals surface area contributed by atoms with Crippen molar-refractivity contribution >= 4 is 16.7 Å². The minimum atomic E-state index is -4.11. The summed E-state index contributed by atoms with van der Waals surface area (Å²) in [6, 6.07) is 10.6. The van der Waals surface area contributed by atoms with E-state index >= 15 is 0 Å². The monoisotopic (exact) mass is 409 g/mol. The van der Waals surface area contributed by atoms with Crippen molar-refractivity contribution in [3.8, 4) is 5.75 Å². The molecule has 3 N–H and O–H groups in total. The first-order valence-corrected chi connectivity index (χ1v) is 9.89. The van der Waals surface area contributed by atoms with Gasteiger partial charge >= 0.3 is 12.1 Å². The molecule has 0 heterocycles. The van der Waals surface area contributed by atoms with Gasteiger partial charge in [0.1, 0.15) is 11.8 Å². The van der Waals surface area contributed by atoms with Gasteiger partial charge in [0.25, 0.3) is 0 Å². The third-order valence-corrected chi connectivity index (χ3v) is 5.77. The maximum absolute atomic E-state index is 12.8. The average molecular weight is 409 g/mol. The number of halogens is 3. The number of ether oxygens (including phenoxy) is 1. The van der Waals surface area contributed by atoms with Gasteiger partial charge in [0, 0.05) is 0 Å². The smallest absolute Gasteiger partial charge is 0.391 e. The molecular weight excluding hydrogens is 383 g/mol. The maximum Gasteiger partial charge on any atom is 0.391 e. The maximum atomic E-state index is 12.8. The Morgan fingerprint density at radius 1 is 1.14 bits per heavy atom. The second-order valence-corrected chi connectivity index (χ2v) is 7.98. The van der Waals surface area contributed by atoms with Crippen molar-refractivity contribution in [1.82, 2.24) is 0 Å². The highest BCUT2D eigenvalue weighted by molar-refractivity contribution is 5.84. The van der Waals surface area contributed by atoms with Crippen molar-refractivity contribution in [2.24, 2.45) is 11.7 Å². The molecular formula is C22H26F3NO3. The van der Waals surface area contributed by atoms with E-state index in [-0.39, 0.29) is 24.9 Å². The van der Waals surface area contributed by atoms with Crippen molar-refractivity contribution in [1.29, 1.82) is 0 Å². The Bertz CT molecular complexity index is 860. The molecule has 0 saturated heterocycles. The fraction of sp³-hybridized carbons (Fsp3) is 0.500. The topological polar surface area (TPSA) is 72.6 Å². The number of benzene rings is 2. The Morgan fingerprint density at radius 3 is 2.38 bits per heavy atom. The van der Waals surface area contributed by atoms with Crippen molar-refractivity contribution in [3.63, 3.8) is 0 Å². The van der Waals surface area contributed by atoms with E-state index < -0.39 is 24.1 Å². The molecule has 0 spiro atoms. The van der Waals surface area contributed by atoms with Gasteiger partial charge < -0.3 is 15.6 Å². The van der Waals surface area contributed by atoms with Crippen LogP contribution in [0.2, 0.25) is 0 Å². The molecule has 2 aromatic carbocycles. The van der Waals surface area contributed by atoms with Crippen molar-refractivity contribution in [2.45, 2.75) is 63.3 Å². The molecule has 1 fully saturated rings. The zero-order chi connectivity index (χ0) is 21.2. The summed E-state index contributed by atoms with van der Waals surface area (Å²) in [5, 5.41) is 10.9. The molecule has 2 unspecified atom stereocenters. The lowest BCUT2D eigenvalue weighted by Gasteiger charge is -2.30. The molecule has 29 heavy (non-hydrogen) atoms. The number of hydrogen-bond acceptors (Lipinski definition) is 3. The molecule has 158 valence electrons. The van der Waals surface area contributed by atoms with E-state index in [0.29, 0.717) is 25.0 Å². The molecule has 2 atom stereocenters. The highest BCUT2D eigenvalue weighted by Gasteiger charge is 2.41. The predicted molar refractivity (Wildman–Crippen MR) is 105 cm³/mol. The number of carboxylic acid groups (broad SMARTS) is 1. The molecule has 0 amide bonds. The van der Waals surface area contributed by atoms with Crippen molar-refractivity contribution in [2.75, 3.05) is 0 Å². The molecule has 0 bridgehead atoms. The van der Waals surface area contributed by atoms with Gasteiger partial charge in [-0.3, -0.25) is 4.79 Å². The molecule has 1 saturated carbocycles. The Morgan fingerprint density at radius 2 is 1.76 bits per heavy atom. The third-order valence-electron chi connectivity index (χ3n) is 5.77. The van der Waals surface area contributed by atoms with E-state index in [0.717, 1.165) is 16.3 Å². The molecule has 0 aliphatic heterocycles. The normalized spacial score (nSPS) is 22.2. The van der Waals surface area contributed by atoms with E-state index in [2.05, 4.69) is 0 Å². The summed E-state index contributed by atoms with van der Waals surface area (Å²) in [7, 11) is 0. The van der Waals surface area contributed by atoms with Gasteiger partial charge in [0.05, 0.1) is 12.0 Å².